The van der Waals surface area contributed by atoms with Gasteiger partial charge in [0.2, 0.25) is 10.0 Å². The second kappa shape index (κ2) is 6.82. The van der Waals surface area contributed by atoms with Crippen molar-refractivity contribution < 1.29 is 27.1 Å². The number of nitrogens with zero attached hydrogens (tertiary/aromatic N) is 1. The maximum Gasteiger partial charge on any atom is 0.253 e. The third-order valence-corrected chi connectivity index (χ3v) is 9.85. The fourth-order valence-electron chi connectivity index (χ4n) is 6.12. The fraction of sp³-hybridized carbons (Fsp3) is 0.667. The molecule has 2 N–H and O–H groups in total. The summed E-state index contributed by atoms with van der Waals surface area (Å²) in [6.07, 6.45) is 2.33. The predicted molar refractivity (Wildman–Crippen MR) is 109 cm³/mol. The first-order chi connectivity index (χ1) is 14.0. The Morgan fingerprint density at radius 3 is 2.53 bits per heavy atom. The predicted octanol–water partition coefficient (Wildman–Crippen LogP) is 2.08. The van der Waals surface area contributed by atoms with Crippen LogP contribution in [0.4, 0.5) is 4.39 Å². The molecule has 1 heterocycles. The fourth-order valence-corrected chi connectivity index (χ4v) is 8.70. The highest BCUT2D eigenvalue weighted by Gasteiger charge is 2.72. The number of rotatable bonds is 5. The van der Waals surface area contributed by atoms with Gasteiger partial charge in [0.1, 0.15) is 5.82 Å². The zero-order valence-electron chi connectivity index (χ0n) is 17.8. The first-order valence-corrected chi connectivity index (χ1v) is 11.8. The Labute approximate surface area is 176 Å². The number of amides is 1. The molecule has 0 radical (unpaired) electrons. The number of nitrogens with two attached hydrogens (primary N) is 1. The van der Waals surface area contributed by atoms with Gasteiger partial charge in [-0.1, -0.05) is 13.8 Å². The van der Waals surface area contributed by atoms with E-state index in [0.29, 0.717) is 18.1 Å². The number of hydrogen-bond donors (Lipinski definition) is 1. The Balaban J connectivity index is 1.61. The van der Waals surface area contributed by atoms with Crippen molar-refractivity contribution in [2.75, 3.05) is 20.0 Å². The van der Waals surface area contributed by atoms with Crippen molar-refractivity contribution in [2.24, 2.45) is 22.5 Å². The normalized spacial score (nSPS) is 31.5. The van der Waals surface area contributed by atoms with Crippen LogP contribution in [-0.2, 0) is 21.2 Å². The van der Waals surface area contributed by atoms with E-state index in [1.807, 2.05) is 0 Å². The van der Waals surface area contributed by atoms with Gasteiger partial charge < -0.3 is 15.2 Å². The molecule has 3 fully saturated rings. The zero-order valence-corrected chi connectivity index (χ0v) is 18.6. The van der Waals surface area contributed by atoms with Gasteiger partial charge in [0.05, 0.1) is 32.1 Å². The number of methoxy groups -OCH3 is 2. The molecule has 0 aromatic heterocycles. The molecule has 2 bridgehead atoms. The largest absolute Gasteiger partial charge is 0.493 e. The number of carbonyl (C=O) groups excluding carboxylic acids is 1. The van der Waals surface area contributed by atoms with Crippen molar-refractivity contribution in [1.82, 2.24) is 4.31 Å². The van der Waals surface area contributed by atoms with Gasteiger partial charge in [0.25, 0.3) is 5.91 Å². The summed E-state index contributed by atoms with van der Waals surface area (Å²) >= 11 is 0. The summed E-state index contributed by atoms with van der Waals surface area (Å²) < 4.78 is 51.9. The van der Waals surface area contributed by atoms with Crippen molar-refractivity contribution in [2.45, 2.75) is 51.6 Å². The number of carbonyl (C=O) groups is 1. The van der Waals surface area contributed by atoms with E-state index in [4.69, 9.17) is 15.2 Å². The van der Waals surface area contributed by atoms with E-state index in [2.05, 4.69) is 13.8 Å². The summed E-state index contributed by atoms with van der Waals surface area (Å²) in [5.74, 6) is -0.319. The van der Waals surface area contributed by atoms with Crippen LogP contribution in [0, 0.1) is 22.6 Å². The quantitative estimate of drug-likeness (QED) is 0.753. The molecule has 2 saturated carbocycles. The lowest BCUT2D eigenvalue weighted by molar-refractivity contribution is -0.130. The second-order valence-corrected chi connectivity index (χ2v) is 11.2. The standard InChI is InChI=1S/C21H29FN2O5S/c1-20(2)13-5-6-21(20)11-30(26,27)24(18(21)9-13)19(25)15(23)7-12-8-16(28-3)17(29-4)10-14(12)22/h8,10,13,15,18H,5-7,9,11,23H2,1-4H3/t13?,15-,18?,21?/m0/s1. The van der Waals surface area contributed by atoms with Gasteiger partial charge in [0.15, 0.2) is 11.5 Å². The molecule has 4 rings (SSSR count). The van der Waals surface area contributed by atoms with Crippen molar-refractivity contribution >= 4 is 15.9 Å². The molecule has 1 spiro atoms. The molecule has 1 amide bonds. The summed E-state index contributed by atoms with van der Waals surface area (Å²) in [5, 5.41) is 0. The summed E-state index contributed by atoms with van der Waals surface area (Å²) in [5.41, 5.74) is 5.75. The highest BCUT2D eigenvalue weighted by molar-refractivity contribution is 7.90. The number of halogens is 1. The van der Waals surface area contributed by atoms with Crippen LogP contribution in [0.15, 0.2) is 12.1 Å². The summed E-state index contributed by atoms with van der Waals surface area (Å²) in [6.45, 7) is 4.24. The number of fused-ring (bicyclic) bond motifs is 1. The molecule has 1 aliphatic heterocycles. The van der Waals surface area contributed by atoms with Gasteiger partial charge in [0, 0.05) is 11.5 Å². The second-order valence-electron chi connectivity index (χ2n) is 9.36. The monoisotopic (exact) mass is 440 g/mol. The maximum absolute atomic E-state index is 14.5. The van der Waals surface area contributed by atoms with Crippen molar-refractivity contribution in [3.63, 3.8) is 0 Å². The molecule has 30 heavy (non-hydrogen) atoms. The summed E-state index contributed by atoms with van der Waals surface area (Å²) in [7, 11) is -0.938. The zero-order chi connectivity index (χ0) is 22.1. The molecule has 1 aromatic rings. The molecule has 1 aromatic carbocycles. The molecule has 3 unspecified atom stereocenters. The van der Waals surface area contributed by atoms with Gasteiger partial charge in [-0.05, 0) is 48.6 Å². The minimum absolute atomic E-state index is 0.0165. The Hall–Kier alpha value is -1.87. The van der Waals surface area contributed by atoms with Gasteiger partial charge >= 0.3 is 0 Å². The number of sulfonamides is 1. The Morgan fingerprint density at radius 2 is 1.93 bits per heavy atom. The Morgan fingerprint density at radius 1 is 1.30 bits per heavy atom. The minimum Gasteiger partial charge on any atom is -0.493 e. The van der Waals surface area contributed by atoms with Crippen LogP contribution in [0.5, 0.6) is 11.5 Å². The van der Waals surface area contributed by atoms with E-state index in [-0.39, 0.29) is 34.9 Å². The number of ether oxygens (including phenoxy) is 2. The maximum atomic E-state index is 14.5. The van der Waals surface area contributed by atoms with Crippen LogP contribution < -0.4 is 15.2 Å². The van der Waals surface area contributed by atoms with Gasteiger partial charge in [-0.2, -0.15) is 0 Å². The summed E-state index contributed by atoms with van der Waals surface area (Å²) in [6, 6.07) is 1.07. The molecule has 3 aliphatic rings. The van der Waals surface area contributed by atoms with E-state index < -0.39 is 33.2 Å². The van der Waals surface area contributed by atoms with E-state index >= 15 is 0 Å². The topological polar surface area (TPSA) is 98.9 Å². The molecule has 4 atom stereocenters. The smallest absolute Gasteiger partial charge is 0.253 e. The van der Waals surface area contributed by atoms with Crippen molar-refractivity contribution in [3.8, 4) is 11.5 Å². The Kier molecular flexibility index (Phi) is 4.85. The first kappa shape index (κ1) is 21.4. The lowest BCUT2D eigenvalue weighted by Gasteiger charge is -2.37. The third-order valence-electron chi connectivity index (χ3n) is 7.94. The van der Waals surface area contributed by atoms with E-state index in [1.165, 1.54) is 26.4 Å². The SMILES string of the molecule is COc1cc(F)c(C[C@H](N)C(=O)N2C3CC4CCC3(CS2(=O)=O)C4(C)C)cc1OC. The molecule has 166 valence electrons. The van der Waals surface area contributed by atoms with E-state index in [0.717, 1.165) is 17.1 Å². The highest BCUT2D eigenvalue weighted by Crippen LogP contribution is 2.70. The van der Waals surface area contributed by atoms with Gasteiger partial charge in [-0.15, -0.1) is 0 Å². The lowest BCUT2D eigenvalue weighted by atomic mass is 9.69. The number of benzene rings is 1. The molecular formula is C21H29FN2O5S. The average Bonchev–Trinajstić information content (AvgIpc) is 3.16. The molecule has 9 heteroatoms. The van der Waals surface area contributed by atoms with Crippen LogP contribution in [0.25, 0.3) is 0 Å². The van der Waals surface area contributed by atoms with Crippen molar-refractivity contribution in [3.05, 3.63) is 23.5 Å². The van der Waals surface area contributed by atoms with Crippen LogP contribution in [0.3, 0.4) is 0 Å². The van der Waals surface area contributed by atoms with Crippen molar-refractivity contribution in [1.29, 1.82) is 0 Å². The van der Waals surface area contributed by atoms with Crippen LogP contribution in [0.2, 0.25) is 0 Å². The minimum atomic E-state index is -3.77. The van der Waals surface area contributed by atoms with Gasteiger partial charge in [-0.3, -0.25) is 4.79 Å². The molecule has 7 nitrogen and oxygen atoms in total. The summed E-state index contributed by atoms with van der Waals surface area (Å²) in [4.78, 5) is 13.2. The first-order valence-electron chi connectivity index (χ1n) is 10.2. The van der Waals surface area contributed by atoms with Gasteiger partial charge in [-0.25, -0.2) is 17.1 Å². The molecular weight excluding hydrogens is 411 g/mol. The Bertz CT molecular complexity index is 995. The lowest BCUT2D eigenvalue weighted by Crippen LogP contribution is -2.50. The highest BCUT2D eigenvalue weighted by atomic mass is 32.2. The van der Waals surface area contributed by atoms with Crippen LogP contribution in [0.1, 0.15) is 38.7 Å². The van der Waals surface area contributed by atoms with Crippen LogP contribution >= 0.6 is 0 Å². The molecule has 2 aliphatic carbocycles. The average molecular weight is 441 g/mol. The molecule has 1 saturated heterocycles. The van der Waals surface area contributed by atoms with E-state index in [9.17, 15) is 17.6 Å². The van der Waals surface area contributed by atoms with Crippen LogP contribution in [-0.4, -0.2) is 50.7 Å². The number of hydrogen-bond acceptors (Lipinski definition) is 6. The third kappa shape index (κ3) is 2.77. The van der Waals surface area contributed by atoms with E-state index in [1.54, 1.807) is 0 Å².